The molecule has 1 aliphatic heterocycles. The SMILES string of the molecule is O=C(OC1CC[C@@H](CNS(=O)(=O)c2ccccc2)N1)C(F)(F)F. The molecule has 0 aliphatic carbocycles. The molecule has 10 heteroatoms. The molecule has 0 saturated carbocycles. The van der Waals surface area contributed by atoms with E-state index in [1.165, 1.54) is 12.1 Å². The second kappa shape index (κ2) is 6.85. The lowest BCUT2D eigenvalue weighted by atomic mass is 10.2. The summed E-state index contributed by atoms with van der Waals surface area (Å²) in [4.78, 5) is 10.8. The van der Waals surface area contributed by atoms with E-state index in [1.54, 1.807) is 18.2 Å². The van der Waals surface area contributed by atoms with Crippen LogP contribution in [0.1, 0.15) is 12.8 Å². The van der Waals surface area contributed by atoms with Crippen LogP contribution in [0.5, 0.6) is 0 Å². The number of nitrogens with one attached hydrogen (secondary N) is 2. The number of carbonyl (C=O) groups is 1. The molecule has 2 rings (SSSR count). The molecular weight excluding hydrogens is 337 g/mol. The van der Waals surface area contributed by atoms with Gasteiger partial charge in [-0.15, -0.1) is 0 Å². The second-order valence-electron chi connectivity index (χ2n) is 5.00. The van der Waals surface area contributed by atoms with Crippen molar-refractivity contribution in [3.05, 3.63) is 30.3 Å². The summed E-state index contributed by atoms with van der Waals surface area (Å²) in [5, 5.41) is 2.65. The number of alkyl halides is 3. The van der Waals surface area contributed by atoms with E-state index in [4.69, 9.17) is 0 Å². The molecule has 23 heavy (non-hydrogen) atoms. The number of sulfonamides is 1. The van der Waals surface area contributed by atoms with Gasteiger partial charge in [-0.2, -0.15) is 13.2 Å². The summed E-state index contributed by atoms with van der Waals surface area (Å²) < 4.78 is 66.9. The summed E-state index contributed by atoms with van der Waals surface area (Å²) >= 11 is 0. The zero-order chi connectivity index (χ0) is 17.1. The molecule has 6 nitrogen and oxygen atoms in total. The normalized spacial score (nSPS) is 22.0. The van der Waals surface area contributed by atoms with E-state index >= 15 is 0 Å². The molecule has 1 aromatic carbocycles. The smallest absolute Gasteiger partial charge is 0.440 e. The quantitative estimate of drug-likeness (QED) is 0.777. The number of benzene rings is 1. The molecule has 128 valence electrons. The van der Waals surface area contributed by atoms with Crippen LogP contribution in [-0.4, -0.2) is 39.4 Å². The van der Waals surface area contributed by atoms with E-state index in [2.05, 4.69) is 14.8 Å². The molecule has 1 fully saturated rings. The summed E-state index contributed by atoms with van der Waals surface area (Å²) in [6, 6.07) is 7.28. The van der Waals surface area contributed by atoms with Crippen LogP contribution < -0.4 is 10.0 Å². The Balaban J connectivity index is 1.83. The van der Waals surface area contributed by atoms with Crippen LogP contribution in [0.2, 0.25) is 0 Å². The summed E-state index contributed by atoms with van der Waals surface area (Å²) in [6.07, 6.45) is -5.56. The van der Waals surface area contributed by atoms with Crippen molar-refractivity contribution in [2.45, 2.75) is 36.2 Å². The second-order valence-corrected chi connectivity index (χ2v) is 6.76. The highest BCUT2D eigenvalue weighted by Crippen LogP contribution is 2.21. The van der Waals surface area contributed by atoms with Gasteiger partial charge in [0.25, 0.3) is 0 Å². The van der Waals surface area contributed by atoms with Crippen molar-refractivity contribution in [1.82, 2.24) is 10.0 Å². The molecule has 0 radical (unpaired) electrons. The number of rotatable bonds is 5. The lowest BCUT2D eigenvalue weighted by molar-refractivity contribution is -0.205. The van der Waals surface area contributed by atoms with E-state index in [1.807, 2.05) is 0 Å². The average molecular weight is 352 g/mol. The van der Waals surface area contributed by atoms with E-state index in [0.717, 1.165) is 0 Å². The first-order valence-corrected chi connectivity index (χ1v) is 8.25. The topological polar surface area (TPSA) is 84.5 Å². The Bertz CT molecular complexity index is 649. The maximum atomic E-state index is 12.1. The molecule has 1 aliphatic rings. The summed E-state index contributed by atoms with van der Waals surface area (Å²) in [5.74, 6) is -2.26. The van der Waals surface area contributed by atoms with Crippen molar-refractivity contribution in [3.63, 3.8) is 0 Å². The monoisotopic (exact) mass is 352 g/mol. The summed E-state index contributed by atoms with van der Waals surface area (Å²) in [7, 11) is -3.69. The third-order valence-corrected chi connectivity index (χ3v) is 4.69. The third-order valence-electron chi connectivity index (χ3n) is 3.25. The minimum Gasteiger partial charge on any atom is -0.440 e. The first kappa shape index (κ1) is 17.7. The number of halogens is 3. The Morgan fingerprint density at radius 1 is 1.26 bits per heavy atom. The maximum absolute atomic E-state index is 12.1. The molecule has 1 heterocycles. The van der Waals surface area contributed by atoms with E-state index in [-0.39, 0.29) is 17.9 Å². The van der Waals surface area contributed by atoms with Gasteiger partial charge in [0.15, 0.2) is 6.23 Å². The molecule has 0 bridgehead atoms. The van der Waals surface area contributed by atoms with Gasteiger partial charge >= 0.3 is 12.1 Å². The number of carbonyl (C=O) groups excluding carboxylic acids is 1. The van der Waals surface area contributed by atoms with E-state index < -0.39 is 34.4 Å². The predicted octanol–water partition coefficient (Wildman–Crippen LogP) is 1.15. The number of hydrogen-bond acceptors (Lipinski definition) is 5. The van der Waals surface area contributed by atoms with Crippen molar-refractivity contribution in [1.29, 1.82) is 0 Å². The number of esters is 1. The van der Waals surface area contributed by atoms with Crippen molar-refractivity contribution in [3.8, 4) is 0 Å². The van der Waals surface area contributed by atoms with Crippen molar-refractivity contribution in [2.24, 2.45) is 0 Å². The van der Waals surface area contributed by atoms with Gasteiger partial charge in [0, 0.05) is 12.6 Å². The van der Waals surface area contributed by atoms with Crippen LogP contribution in [0.4, 0.5) is 13.2 Å². The van der Waals surface area contributed by atoms with Gasteiger partial charge in [-0.1, -0.05) is 18.2 Å². The van der Waals surface area contributed by atoms with Crippen LogP contribution in [0.15, 0.2) is 35.2 Å². The zero-order valence-electron chi connectivity index (χ0n) is 11.8. The standard InChI is InChI=1S/C13H15F3N2O4S/c14-13(15,16)12(19)22-11-7-6-9(18-11)8-17-23(20,21)10-4-2-1-3-5-10/h1-5,9,11,17-18H,6-8H2/t9-,11?/m0/s1. The van der Waals surface area contributed by atoms with Crippen LogP contribution >= 0.6 is 0 Å². The molecule has 1 saturated heterocycles. The van der Waals surface area contributed by atoms with Crippen molar-refractivity contribution >= 4 is 16.0 Å². The Morgan fingerprint density at radius 3 is 2.52 bits per heavy atom. The largest absolute Gasteiger partial charge is 0.490 e. The van der Waals surface area contributed by atoms with Gasteiger partial charge in [-0.25, -0.2) is 17.9 Å². The van der Waals surface area contributed by atoms with E-state index in [9.17, 15) is 26.4 Å². The van der Waals surface area contributed by atoms with Gasteiger partial charge in [-0.05, 0) is 25.0 Å². The summed E-state index contributed by atoms with van der Waals surface area (Å²) in [5.41, 5.74) is 0. The van der Waals surface area contributed by atoms with Gasteiger partial charge < -0.3 is 4.74 Å². The highest BCUT2D eigenvalue weighted by molar-refractivity contribution is 7.89. The predicted molar refractivity (Wildman–Crippen MR) is 73.7 cm³/mol. The van der Waals surface area contributed by atoms with Crippen molar-refractivity contribution in [2.75, 3.05) is 6.54 Å². The van der Waals surface area contributed by atoms with Gasteiger partial charge in [0.05, 0.1) is 4.90 Å². The van der Waals surface area contributed by atoms with Crippen LogP contribution in [0.25, 0.3) is 0 Å². The van der Waals surface area contributed by atoms with Gasteiger partial charge in [0.1, 0.15) is 0 Å². The fourth-order valence-corrected chi connectivity index (χ4v) is 3.23. The Labute approximate surface area is 131 Å². The van der Waals surface area contributed by atoms with Gasteiger partial charge in [-0.3, -0.25) is 5.32 Å². The molecule has 1 aromatic rings. The average Bonchev–Trinajstić information content (AvgIpc) is 2.93. The molecule has 1 unspecified atom stereocenters. The summed E-state index contributed by atoms with van der Waals surface area (Å²) in [6.45, 7) is -0.0166. The molecule has 2 N–H and O–H groups in total. The molecule has 2 atom stereocenters. The first-order chi connectivity index (χ1) is 10.7. The molecule has 0 amide bonds. The molecular formula is C13H15F3N2O4S. The van der Waals surface area contributed by atoms with E-state index in [0.29, 0.717) is 6.42 Å². The molecule has 0 aromatic heterocycles. The van der Waals surface area contributed by atoms with Crippen molar-refractivity contribution < 1.29 is 31.1 Å². The maximum Gasteiger partial charge on any atom is 0.490 e. The Kier molecular flexibility index (Phi) is 5.27. The highest BCUT2D eigenvalue weighted by atomic mass is 32.2. The highest BCUT2D eigenvalue weighted by Gasteiger charge is 2.43. The zero-order valence-corrected chi connectivity index (χ0v) is 12.7. The van der Waals surface area contributed by atoms with Crippen LogP contribution in [0.3, 0.4) is 0 Å². The third kappa shape index (κ3) is 4.91. The first-order valence-electron chi connectivity index (χ1n) is 6.77. The Morgan fingerprint density at radius 2 is 1.91 bits per heavy atom. The van der Waals surface area contributed by atoms with Crippen LogP contribution in [-0.2, 0) is 19.6 Å². The fraction of sp³-hybridized carbons (Fsp3) is 0.462. The fourth-order valence-electron chi connectivity index (χ4n) is 2.13. The van der Waals surface area contributed by atoms with Gasteiger partial charge in [0.2, 0.25) is 10.0 Å². The minimum absolute atomic E-state index is 0.0166. The van der Waals surface area contributed by atoms with Crippen LogP contribution in [0, 0.1) is 0 Å². The number of ether oxygens (including phenoxy) is 1. The lowest BCUT2D eigenvalue weighted by Crippen LogP contribution is -2.42. The Hall–Kier alpha value is -1.65. The molecule has 0 spiro atoms. The lowest BCUT2D eigenvalue weighted by Gasteiger charge is -2.16. The number of hydrogen-bond donors (Lipinski definition) is 2. The minimum atomic E-state index is -5.05.